The fourth-order valence-electron chi connectivity index (χ4n) is 4.28. The molecule has 158 valence electrons. The van der Waals surface area contributed by atoms with E-state index in [1.807, 2.05) is 49.4 Å². The summed E-state index contributed by atoms with van der Waals surface area (Å²) in [5.41, 5.74) is 5.42. The number of hydrogen-bond acceptors (Lipinski definition) is 5. The summed E-state index contributed by atoms with van der Waals surface area (Å²) in [6.07, 6.45) is 4.34. The highest BCUT2D eigenvalue weighted by atomic mass is 16.7. The Balaban J connectivity index is 1.60. The number of fused-ring (bicyclic) bond motifs is 3. The normalized spacial score (nSPS) is 16.5. The van der Waals surface area contributed by atoms with Crippen molar-refractivity contribution in [1.82, 2.24) is 10.3 Å². The lowest BCUT2D eigenvalue weighted by atomic mass is 9.99. The molecule has 1 amide bonds. The molecule has 6 heteroatoms. The number of pyridine rings is 1. The maximum atomic E-state index is 13.2. The molecule has 2 aromatic carbocycles. The summed E-state index contributed by atoms with van der Waals surface area (Å²) >= 11 is 0. The number of carbonyl (C=O) groups is 1. The van der Waals surface area contributed by atoms with Crippen molar-refractivity contribution < 1.29 is 19.4 Å². The van der Waals surface area contributed by atoms with Gasteiger partial charge in [-0.3, -0.25) is 4.79 Å². The van der Waals surface area contributed by atoms with Crippen molar-refractivity contribution in [3.8, 4) is 11.5 Å². The zero-order chi connectivity index (χ0) is 21.4. The van der Waals surface area contributed by atoms with E-state index >= 15 is 0 Å². The van der Waals surface area contributed by atoms with Gasteiger partial charge in [-0.1, -0.05) is 31.2 Å². The molecule has 0 fully saturated rings. The number of hydrogen-bond donors (Lipinski definition) is 2. The van der Waals surface area contributed by atoms with Crippen LogP contribution in [0.1, 0.15) is 46.9 Å². The Morgan fingerprint density at radius 1 is 1.19 bits per heavy atom. The summed E-state index contributed by atoms with van der Waals surface area (Å²) in [5.74, 6) is 1.35. The number of aromatic nitrogens is 1. The van der Waals surface area contributed by atoms with Crippen LogP contribution in [-0.2, 0) is 6.42 Å². The predicted octanol–water partition coefficient (Wildman–Crippen LogP) is 3.95. The van der Waals surface area contributed by atoms with Crippen LogP contribution >= 0.6 is 0 Å². The first-order valence-electron chi connectivity index (χ1n) is 10.6. The zero-order valence-corrected chi connectivity index (χ0v) is 17.4. The van der Waals surface area contributed by atoms with E-state index in [0.717, 1.165) is 57.6 Å². The second-order valence-electron chi connectivity index (χ2n) is 7.87. The van der Waals surface area contributed by atoms with Crippen molar-refractivity contribution in [2.24, 2.45) is 0 Å². The summed E-state index contributed by atoms with van der Waals surface area (Å²) in [6, 6.07) is 13.4. The second kappa shape index (κ2) is 8.04. The van der Waals surface area contributed by atoms with Crippen molar-refractivity contribution >= 4 is 28.5 Å². The Labute approximate surface area is 180 Å². The first kappa shape index (κ1) is 19.6. The Morgan fingerprint density at radius 2 is 2.03 bits per heavy atom. The topological polar surface area (TPSA) is 80.7 Å². The Morgan fingerprint density at radius 3 is 2.87 bits per heavy atom. The van der Waals surface area contributed by atoms with Crippen LogP contribution in [0, 0.1) is 0 Å². The van der Waals surface area contributed by atoms with Crippen molar-refractivity contribution in [2.75, 3.05) is 13.4 Å². The average molecular weight is 416 g/mol. The maximum absolute atomic E-state index is 13.2. The number of nitrogens with zero attached hydrogens (tertiary/aromatic N) is 1. The third-order valence-electron chi connectivity index (χ3n) is 5.95. The molecule has 0 bridgehead atoms. The number of rotatable bonds is 5. The molecule has 2 aliphatic rings. The molecule has 0 saturated heterocycles. The number of allylic oxidation sites excluding steroid dienone is 1. The van der Waals surface area contributed by atoms with E-state index < -0.39 is 0 Å². The third kappa shape index (κ3) is 3.53. The van der Waals surface area contributed by atoms with Crippen LogP contribution in [0.5, 0.6) is 11.5 Å². The SMILES string of the molecule is CCC(CO)NC(=O)c1c2c(nc3ccccc13)/C(=C\c1ccc3c(c1)OCO3)CC2. The van der Waals surface area contributed by atoms with Gasteiger partial charge in [-0.15, -0.1) is 0 Å². The number of nitrogens with one attached hydrogen (secondary N) is 1. The smallest absolute Gasteiger partial charge is 0.252 e. The highest BCUT2D eigenvalue weighted by Gasteiger charge is 2.27. The van der Waals surface area contributed by atoms with Gasteiger partial charge in [0.25, 0.3) is 5.91 Å². The minimum absolute atomic E-state index is 0.0806. The molecule has 2 N–H and O–H groups in total. The summed E-state index contributed by atoms with van der Waals surface area (Å²) in [5, 5.41) is 13.4. The lowest BCUT2D eigenvalue weighted by Gasteiger charge is -2.17. The number of amides is 1. The molecular formula is C25H24N2O4. The van der Waals surface area contributed by atoms with Crippen molar-refractivity contribution in [3.63, 3.8) is 0 Å². The van der Waals surface area contributed by atoms with E-state index in [-0.39, 0.29) is 25.3 Å². The van der Waals surface area contributed by atoms with Crippen LogP contribution in [0.3, 0.4) is 0 Å². The van der Waals surface area contributed by atoms with Gasteiger partial charge in [0.2, 0.25) is 6.79 Å². The first-order valence-corrected chi connectivity index (χ1v) is 10.6. The number of aliphatic hydroxyl groups is 1. The minimum Gasteiger partial charge on any atom is -0.454 e. The fraction of sp³-hybridized carbons (Fsp3) is 0.280. The summed E-state index contributed by atoms with van der Waals surface area (Å²) in [7, 11) is 0. The lowest BCUT2D eigenvalue weighted by Crippen LogP contribution is -2.37. The van der Waals surface area contributed by atoms with E-state index in [1.165, 1.54) is 0 Å². The molecule has 1 aliphatic heterocycles. The van der Waals surface area contributed by atoms with Crippen LogP contribution in [-0.4, -0.2) is 35.4 Å². The number of ether oxygens (including phenoxy) is 2. The van der Waals surface area contributed by atoms with Gasteiger partial charge in [-0.25, -0.2) is 4.98 Å². The van der Waals surface area contributed by atoms with Crippen LogP contribution in [0.4, 0.5) is 0 Å². The Bertz CT molecular complexity index is 1200. The fourth-order valence-corrected chi connectivity index (χ4v) is 4.28. The summed E-state index contributed by atoms with van der Waals surface area (Å²) in [4.78, 5) is 18.2. The van der Waals surface area contributed by atoms with Crippen LogP contribution in [0.25, 0.3) is 22.6 Å². The van der Waals surface area contributed by atoms with Crippen molar-refractivity contribution in [1.29, 1.82) is 0 Å². The number of para-hydroxylation sites is 1. The van der Waals surface area contributed by atoms with E-state index in [2.05, 4.69) is 11.4 Å². The molecular weight excluding hydrogens is 392 g/mol. The van der Waals surface area contributed by atoms with E-state index in [1.54, 1.807) is 0 Å². The third-order valence-corrected chi connectivity index (χ3v) is 5.95. The highest BCUT2D eigenvalue weighted by molar-refractivity contribution is 6.09. The quantitative estimate of drug-likeness (QED) is 0.658. The van der Waals surface area contributed by atoms with E-state index in [4.69, 9.17) is 14.5 Å². The van der Waals surface area contributed by atoms with E-state index in [0.29, 0.717) is 12.0 Å². The highest BCUT2D eigenvalue weighted by Crippen LogP contribution is 2.39. The molecule has 1 aliphatic carbocycles. The standard InChI is InChI=1S/C25H24N2O4/c1-2-17(13-28)26-25(29)23-18-5-3-4-6-20(18)27-24-16(8-9-19(23)24)11-15-7-10-21-22(12-15)31-14-30-21/h3-7,10-12,17,28H,2,8-9,13-14H2,1H3,(H,26,29)/b16-11-. The van der Waals surface area contributed by atoms with Gasteiger partial charge >= 0.3 is 0 Å². The molecule has 0 radical (unpaired) electrons. The lowest BCUT2D eigenvalue weighted by molar-refractivity contribution is 0.0915. The largest absolute Gasteiger partial charge is 0.454 e. The molecule has 3 aromatic rings. The molecule has 1 aromatic heterocycles. The second-order valence-corrected chi connectivity index (χ2v) is 7.87. The minimum atomic E-state index is -0.264. The number of aliphatic hydroxyl groups excluding tert-OH is 1. The Kier molecular flexibility index (Phi) is 5.08. The van der Waals surface area contributed by atoms with Gasteiger partial charge in [0.05, 0.1) is 29.4 Å². The van der Waals surface area contributed by atoms with Gasteiger partial charge in [-0.2, -0.15) is 0 Å². The van der Waals surface area contributed by atoms with Gasteiger partial charge in [0, 0.05) is 5.39 Å². The molecule has 5 rings (SSSR count). The molecule has 2 heterocycles. The zero-order valence-electron chi connectivity index (χ0n) is 17.4. The molecule has 31 heavy (non-hydrogen) atoms. The maximum Gasteiger partial charge on any atom is 0.252 e. The molecule has 1 atom stereocenters. The van der Waals surface area contributed by atoms with E-state index in [9.17, 15) is 9.90 Å². The predicted molar refractivity (Wildman–Crippen MR) is 119 cm³/mol. The molecule has 6 nitrogen and oxygen atoms in total. The van der Waals surface area contributed by atoms with Gasteiger partial charge in [-0.05, 0) is 60.2 Å². The molecule has 0 spiro atoms. The number of carbonyl (C=O) groups excluding carboxylic acids is 1. The summed E-state index contributed by atoms with van der Waals surface area (Å²) < 4.78 is 10.9. The van der Waals surface area contributed by atoms with Gasteiger partial charge < -0.3 is 19.9 Å². The molecule has 1 unspecified atom stereocenters. The number of benzene rings is 2. The van der Waals surface area contributed by atoms with Gasteiger partial charge in [0.1, 0.15) is 0 Å². The Hall–Kier alpha value is -3.38. The average Bonchev–Trinajstić information content (AvgIpc) is 3.42. The van der Waals surface area contributed by atoms with Crippen molar-refractivity contribution in [3.05, 3.63) is 64.8 Å². The molecule has 0 saturated carbocycles. The van der Waals surface area contributed by atoms with Crippen molar-refractivity contribution in [2.45, 2.75) is 32.2 Å². The van der Waals surface area contributed by atoms with Gasteiger partial charge in [0.15, 0.2) is 11.5 Å². The monoisotopic (exact) mass is 416 g/mol. The first-order chi connectivity index (χ1) is 15.2. The van der Waals surface area contributed by atoms with Crippen LogP contribution < -0.4 is 14.8 Å². The summed E-state index contributed by atoms with van der Waals surface area (Å²) in [6.45, 7) is 2.11. The van der Waals surface area contributed by atoms with Crippen LogP contribution in [0.15, 0.2) is 42.5 Å². The van der Waals surface area contributed by atoms with Crippen LogP contribution in [0.2, 0.25) is 0 Å².